The van der Waals surface area contributed by atoms with E-state index in [1.165, 1.54) is 12.1 Å². The molecule has 3 rings (SSSR count). The van der Waals surface area contributed by atoms with Gasteiger partial charge in [0.2, 0.25) is 0 Å². The third-order valence-electron chi connectivity index (χ3n) is 4.74. The first-order chi connectivity index (χ1) is 12.1. The number of aromatic nitrogens is 2. The Morgan fingerprint density at radius 2 is 2.24 bits per heavy atom. The number of piperidine rings is 1. The second kappa shape index (κ2) is 7.78. The summed E-state index contributed by atoms with van der Waals surface area (Å²) in [5, 5.41) is 14.5. The molecule has 6 heteroatoms. The summed E-state index contributed by atoms with van der Waals surface area (Å²) >= 11 is 0. The van der Waals surface area contributed by atoms with E-state index in [0.717, 1.165) is 12.0 Å². The SMILES string of the molecule is CCCn1nccc1C(=O)N1CC[C@H](O)[C@H](Cc2cccc(F)c2)C1. The Bertz CT molecular complexity index is 731. The standard InChI is InChI=1S/C19H24FN3O2/c1-2-9-23-17(6-8-21-23)19(25)22-10-7-18(24)15(13-22)11-14-4-3-5-16(20)12-14/h3-6,8,12,15,18,24H,2,7,9-11,13H2,1H3/t15-,18+/m1/s1. The van der Waals surface area contributed by atoms with Gasteiger partial charge in [-0.15, -0.1) is 0 Å². The number of carbonyl (C=O) groups is 1. The topological polar surface area (TPSA) is 58.4 Å². The highest BCUT2D eigenvalue weighted by molar-refractivity contribution is 5.92. The largest absolute Gasteiger partial charge is 0.393 e. The molecule has 1 N–H and O–H groups in total. The number of aryl methyl sites for hydroxylation is 1. The van der Waals surface area contributed by atoms with Crippen LogP contribution in [0.15, 0.2) is 36.5 Å². The van der Waals surface area contributed by atoms with E-state index in [0.29, 0.717) is 38.2 Å². The van der Waals surface area contributed by atoms with Crippen molar-refractivity contribution in [1.29, 1.82) is 0 Å². The number of aliphatic hydroxyl groups excluding tert-OH is 1. The van der Waals surface area contributed by atoms with Crippen molar-refractivity contribution < 1.29 is 14.3 Å². The highest BCUT2D eigenvalue weighted by Gasteiger charge is 2.31. The lowest BCUT2D eigenvalue weighted by molar-refractivity contribution is 0.0234. The van der Waals surface area contributed by atoms with Crippen molar-refractivity contribution >= 4 is 5.91 Å². The minimum Gasteiger partial charge on any atom is -0.393 e. The molecule has 1 saturated heterocycles. The van der Waals surface area contributed by atoms with E-state index in [2.05, 4.69) is 5.10 Å². The summed E-state index contributed by atoms with van der Waals surface area (Å²) in [6, 6.07) is 8.17. The number of rotatable bonds is 5. The van der Waals surface area contributed by atoms with E-state index in [4.69, 9.17) is 0 Å². The number of amides is 1. The van der Waals surface area contributed by atoms with Crippen molar-refractivity contribution in [2.45, 2.75) is 38.8 Å². The van der Waals surface area contributed by atoms with E-state index in [1.54, 1.807) is 27.9 Å². The molecule has 2 atom stereocenters. The van der Waals surface area contributed by atoms with Gasteiger partial charge in [0.25, 0.3) is 5.91 Å². The van der Waals surface area contributed by atoms with Crippen molar-refractivity contribution in [3.8, 4) is 0 Å². The molecular weight excluding hydrogens is 321 g/mol. The summed E-state index contributed by atoms with van der Waals surface area (Å²) in [7, 11) is 0. The van der Waals surface area contributed by atoms with Crippen molar-refractivity contribution in [3.05, 3.63) is 53.6 Å². The molecule has 1 aliphatic heterocycles. The van der Waals surface area contributed by atoms with Gasteiger partial charge in [-0.25, -0.2) is 4.39 Å². The van der Waals surface area contributed by atoms with Crippen LogP contribution in [-0.4, -0.2) is 44.9 Å². The van der Waals surface area contributed by atoms with E-state index < -0.39 is 6.10 Å². The Morgan fingerprint density at radius 3 is 3.00 bits per heavy atom. The molecule has 134 valence electrons. The number of hydrogen-bond acceptors (Lipinski definition) is 3. The maximum absolute atomic E-state index is 13.4. The summed E-state index contributed by atoms with van der Waals surface area (Å²) in [4.78, 5) is 14.6. The van der Waals surface area contributed by atoms with Gasteiger partial charge in [-0.05, 0) is 43.0 Å². The number of hydrogen-bond donors (Lipinski definition) is 1. The highest BCUT2D eigenvalue weighted by Crippen LogP contribution is 2.23. The summed E-state index contributed by atoms with van der Waals surface area (Å²) in [6.45, 7) is 3.74. The maximum Gasteiger partial charge on any atom is 0.272 e. The fourth-order valence-corrected chi connectivity index (χ4v) is 3.44. The number of nitrogens with zero attached hydrogens (tertiary/aromatic N) is 3. The fourth-order valence-electron chi connectivity index (χ4n) is 3.44. The first-order valence-electron chi connectivity index (χ1n) is 8.82. The molecular formula is C19H24FN3O2. The Balaban J connectivity index is 1.71. The van der Waals surface area contributed by atoms with E-state index in [1.807, 2.05) is 13.0 Å². The Morgan fingerprint density at radius 1 is 1.40 bits per heavy atom. The molecule has 0 aliphatic carbocycles. The lowest BCUT2D eigenvalue weighted by atomic mass is 9.88. The second-order valence-corrected chi connectivity index (χ2v) is 6.64. The predicted octanol–water partition coefficient (Wildman–Crippen LogP) is 2.50. The van der Waals surface area contributed by atoms with Crippen LogP contribution in [0.1, 0.15) is 35.8 Å². The van der Waals surface area contributed by atoms with Crippen LogP contribution in [-0.2, 0) is 13.0 Å². The molecule has 5 nitrogen and oxygen atoms in total. The molecule has 2 aromatic rings. The van der Waals surface area contributed by atoms with Crippen LogP contribution in [0.25, 0.3) is 0 Å². The molecule has 1 aliphatic rings. The van der Waals surface area contributed by atoms with Crippen LogP contribution in [0.3, 0.4) is 0 Å². The Hall–Kier alpha value is -2.21. The normalized spacial score (nSPS) is 20.7. The third-order valence-corrected chi connectivity index (χ3v) is 4.74. The zero-order valence-corrected chi connectivity index (χ0v) is 14.4. The van der Waals surface area contributed by atoms with Gasteiger partial charge in [0.1, 0.15) is 11.5 Å². The number of benzene rings is 1. The molecule has 0 spiro atoms. The molecule has 0 saturated carbocycles. The van der Waals surface area contributed by atoms with Crippen LogP contribution < -0.4 is 0 Å². The number of likely N-dealkylation sites (tertiary alicyclic amines) is 1. The number of aliphatic hydroxyl groups is 1. The quantitative estimate of drug-likeness (QED) is 0.906. The van der Waals surface area contributed by atoms with Crippen LogP contribution in [0, 0.1) is 11.7 Å². The average molecular weight is 345 g/mol. The van der Waals surface area contributed by atoms with Crippen molar-refractivity contribution in [1.82, 2.24) is 14.7 Å². The first kappa shape index (κ1) is 17.6. The Labute approximate surface area is 147 Å². The smallest absolute Gasteiger partial charge is 0.272 e. The molecule has 25 heavy (non-hydrogen) atoms. The molecule has 0 bridgehead atoms. The summed E-state index contributed by atoms with van der Waals surface area (Å²) < 4.78 is 15.1. The van der Waals surface area contributed by atoms with E-state index >= 15 is 0 Å². The zero-order valence-electron chi connectivity index (χ0n) is 14.4. The van der Waals surface area contributed by atoms with Gasteiger partial charge in [0, 0.05) is 31.7 Å². The molecule has 0 radical (unpaired) electrons. The van der Waals surface area contributed by atoms with Crippen molar-refractivity contribution in [2.75, 3.05) is 13.1 Å². The number of carbonyl (C=O) groups excluding carboxylic acids is 1. The van der Waals surface area contributed by atoms with Crippen molar-refractivity contribution in [2.24, 2.45) is 5.92 Å². The van der Waals surface area contributed by atoms with Crippen LogP contribution in [0.4, 0.5) is 4.39 Å². The minimum absolute atomic E-state index is 0.0536. The number of halogens is 1. The van der Waals surface area contributed by atoms with E-state index in [9.17, 15) is 14.3 Å². The first-order valence-corrected chi connectivity index (χ1v) is 8.82. The van der Waals surface area contributed by atoms with Gasteiger partial charge in [0.05, 0.1) is 6.10 Å². The zero-order chi connectivity index (χ0) is 17.8. The van der Waals surface area contributed by atoms with Gasteiger partial charge in [0.15, 0.2) is 0 Å². The molecule has 1 amide bonds. The highest BCUT2D eigenvalue weighted by atomic mass is 19.1. The van der Waals surface area contributed by atoms with Crippen molar-refractivity contribution in [3.63, 3.8) is 0 Å². The Kier molecular flexibility index (Phi) is 5.48. The molecule has 1 aromatic heterocycles. The summed E-state index contributed by atoms with van der Waals surface area (Å²) in [6.07, 6.45) is 3.16. The van der Waals surface area contributed by atoms with Gasteiger partial charge in [-0.2, -0.15) is 5.10 Å². The van der Waals surface area contributed by atoms with Gasteiger partial charge in [-0.1, -0.05) is 19.1 Å². The van der Waals surface area contributed by atoms with Gasteiger partial charge in [-0.3, -0.25) is 9.48 Å². The monoisotopic (exact) mass is 345 g/mol. The maximum atomic E-state index is 13.4. The lowest BCUT2D eigenvalue weighted by Gasteiger charge is -2.36. The summed E-state index contributed by atoms with van der Waals surface area (Å²) in [5.74, 6) is -0.427. The van der Waals surface area contributed by atoms with Gasteiger partial charge < -0.3 is 10.0 Å². The van der Waals surface area contributed by atoms with Crippen LogP contribution in [0.5, 0.6) is 0 Å². The second-order valence-electron chi connectivity index (χ2n) is 6.64. The molecule has 0 unspecified atom stereocenters. The van der Waals surface area contributed by atoms with E-state index in [-0.39, 0.29) is 17.6 Å². The molecule has 2 heterocycles. The average Bonchev–Trinajstić information content (AvgIpc) is 3.05. The van der Waals surface area contributed by atoms with Crippen LogP contribution in [0.2, 0.25) is 0 Å². The van der Waals surface area contributed by atoms with Gasteiger partial charge >= 0.3 is 0 Å². The lowest BCUT2D eigenvalue weighted by Crippen LogP contribution is -2.47. The minimum atomic E-state index is -0.479. The summed E-state index contributed by atoms with van der Waals surface area (Å²) in [5.41, 5.74) is 1.43. The third kappa shape index (κ3) is 4.07. The molecule has 1 aromatic carbocycles. The fraction of sp³-hybridized carbons (Fsp3) is 0.474. The predicted molar refractivity (Wildman–Crippen MR) is 92.6 cm³/mol. The van der Waals surface area contributed by atoms with Crippen LogP contribution >= 0.6 is 0 Å². The molecule has 1 fully saturated rings.